The first kappa shape index (κ1) is 20.5. The number of ketones is 1. The predicted octanol–water partition coefficient (Wildman–Crippen LogP) is 5.50. The molecule has 0 saturated heterocycles. The first-order chi connectivity index (χ1) is 13.2. The molecule has 11 heteroatoms. The number of rotatable bonds is 5. The highest BCUT2D eigenvalue weighted by atomic mass is 35.5. The summed E-state index contributed by atoms with van der Waals surface area (Å²) in [6.45, 7) is 0. The molecule has 0 aliphatic carbocycles. The zero-order valence-electron chi connectivity index (χ0n) is 13.8. The monoisotopic (exact) mass is 464 g/mol. The first-order valence-corrected chi connectivity index (χ1v) is 8.94. The van der Waals surface area contributed by atoms with Crippen molar-refractivity contribution in [1.29, 1.82) is 0 Å². The Morgan fingerprint density at radius 2 is 1.86 bits per heavy atom. The number of aromatic nitrogens is 2. The maximum Gasteiger partial charge on any atom is 0.354 e. The van der Waals surface area contributed by atoms with Crippen molar-refractivity contribution in [3.05, 3.63) is 67.4 Å². The average molecular weight is 466 g/mol. The summed E-state index contributed by atoms with van der Waals surface area (Å²) in [5.74, 6) is -2.70. The molecule has 6 nitrogen and oxygen atoms in total. The molecule has 0 atom stereocenters. The second kappa shape index (κ2) is 7.67. The van der Waals surface area contributed by atoms with Crippen LogP contribution < -0.4 is 4.74 Å². The molecule has 2 N–H and O–H groups in total. The number of halogens is 5. The van der Waals surface area contributed by atoms with Gasteiger partial charge in [0.2, 0.25) is 5.78 Å². The molecule has 0 amide bonds. The number of carbonyl (C=O) groups is 2. The molecule has 2 aromatic heterocycles. The van der Waals surface area contributed by atoms with Crippen LogP contribution in [0.3, 0.4) is 0 Å². The Morgan fingerprint density at radius 3 is 2.46 bits per heavy atom. The maximum atomic E-state index is 13.7. The lowest BCUT2D eigenvalue weighted by Gasteiger charge is -2.12. The van der Waals surface area contributed by atoms with E-state index in [9.17, 15) is 19.1 Å². The van der Waals surface area contributed by atoms with E-state index in [2.05, 4.69) is 4.98 Å². The summed E-state index contributed by atoms with van der Waals surface area (Å²) in [4.78, 5) is 27.1. The van der Waals surface area contributed by atoms with Gasteiger partial charge in [0.1, 0.15) is 32.6 Å². The number of aromatic carboxylic acids is 1. The molecular formula is C17H9Cl4FN2O4. The summed E-state index contributed by atoms with van der Waals surface area (Å²) in [6, 6.07) is 4.59. The van der Waals surface area contributed by atoms with Crippen LogP contribution in [0, 0.1) is 5.82 Å². The highest BCUT2D eigenvalue weighted by molar-refractivity contribution is 6.44. The largest absolute Gasteiger partial charge is 0.496 e. The van der Waals surface area contributed by atoms with Crippen molar-refractivity contribution >= 4 is 58.2 Å². The number of hydrogen-bond acceptors (Lipinski definition) is 3. The quantitative estimate of drug-likeness (QED) is 0.487. The van der Waals surface area contributed by atoms with Crippen molar-refractivity contribution in [3.8, 4) is 11.4 Å². The summed E-state index contributed by atoms with van der Waals surface area (Å²) in [6.07, 6.45) is 0. The van der Waals surface area contributed by atoms with E-state index in [0.717, 1.165) is 16.7 Å². The highest BCUT2D eigenvalue weighted by Gasteiger charge is 2.29. The van der Waals surface area contributed by atoms with E-state index in [1.165, 1.54) is 19.2 Å². The molecule has 0 spiro atoms. The lowest BCUT2D eigenvalue weighted by atomic mass is 10.1. The SMILES string of the molecule is COc1ccc(F)cc1C(=O)c1cc(Cl)c(Cl)n1-c1c(C(=O)O)[nH]c(Cl)c1Cl. The molecule has 0 aliphatic rings. The van der Waals surface area contributed by atoms with Crippen molar-refractivity contribution in [2.75, 3.05) is 7.11 Å². The lowest BCUT2D eigenvalue weighted by Crippen LogP contribution is -2.13. The van der Waals surface area contributed by atoms with Gasteiger partial charge in [0.25, 0.3) is 0 Å². The Morgan fingerprint density at radius 1 is 1.18 bits per heavy atom. The lowest BCUT2D eigenvalue weighted by molar-refractivity contribution is 0.0690. The topological polar surface area (TPSA) is 84.3 Å². The normalized spacial score (nSPS) is 10.9. The number of carbonyl (C=O) groups excluding carboxylic acids is 1. The number of aromatic amines is 1. The number of carboxylic acid groups (broad SMARTS) is 1. The van der Waals surface area contributed by atoms with Gasteiger partial charge < -0.3 is 14.8 Å². The summed E-state index contributed by atoms with van der Waals surface area (Å²) in [5.41, 5.74) is -0.887. The highest BCUT2D eigenvalue weighted by Crippen LogP contribution is 2.39. The van der Waals surface area contributed by atoms with Crippen LogP contribution in [-0.2, 0) is 0 Å². The van der Waals surface area contributed by atoms with Gasteiger partial charge in [-0.15, -0.1) is 0 Å². The van der Waals surface area contributed by atoms with Gasteiger partial charge >= 0.3 is 5.97 Å². The molecule has 0 bridgehead atoms. The molecular weight excluding hydrogens is 457 g/mol. The molecule has 0 saturated carbocycles. The molecule has 3 aromatic rings. The van der Waals surface area contributed by atoms with Crippen LogP contribution in [0.5, 0.6) is 5.75 Å². The van der Waals surface area contributed by atoms with Crippen molar-refractivity contribution in [3.63, 3.8) is 0 Å². The van der Waals surface area contributed by atoms with Crippen LogP contribution in [0.25, 0.3) is 5.69 Å². The van der Waals surface area contributed by atoms with Crippen molar-refractivity contribution < 1.29 is 23.8 Å². The number of benzene rings is 1. The zero-order valence-corrected chi connectivity index (χ0v) is 16.8. The Kier molecular flexibility index (Phi) is 5.63. The molecule has 28 heavy (non-hydrogen) atoms. The predicted molar refractivity (Wildman–Crippen MR) is 104 cm³/mol. The summed E-state index contributed by atoms with van der Waals surface area (Å²) >= 11 is 24.3. The fourth-order valence-corrected chi connectivity index (χ4v) is 3.47. The van der Waals surface area contributed by atoms with Crippen LogP contribution in [-0.4, -0.2) is 33.5 Å². The third kappa shape index (κ3) is 3.35. The van der Waals surface area contributed by atoms with Gasteiger partial charge in [-0.3, -0.25) is 9.36 Å². The van der Waals surface area contributed by atoms with Crippen LogP contribution in [0.1, 0.15) is 26.5 Å². The summed E-state index contributed by atoms with van der Waals surface area (Å²) < 4.78 is 19.9. The molecule has 2 heterocycles. The third-order valence-electron chi connectivity index (χ3n) is 3.85. The van der Waals surface area contributed by atoms with Gasteiger partial charge in [-0.2, -0.15) is 0 Å². The number of carboxylic acids is 1. The van der Waals surface area contributed by atoms with E-state index in [0.29, 0.717) is 0 Å². The molecule has 3 rings (SSSR count). The summed E-state index contributed by atoms with van der Waals surface area (Å²) in [7, 11) is 1.31. The Balaban J connectivity index is 2.31. The molecule has 0 unspecified atom stereocenters. The summed E-state index contributed by atoms with van der Waals surface area (Å²) in [5, 5.41) is 8.85. The minimum Gasteiger partial charge on any atom is -0.496 e. The smallest absolute Gasteiger partial charge is 0.354 e. The number of ether oxygens (including phenoxy) is 1. The Bertz CT molecular complexity index is 1120. The van der Waals surface area contributed by atoms with Crippen molar-refractivity contribution in [1.82, 2.24) is 9.55 Å². The van der Waals surface area contributed by atoms with Gasteiger partial charge in [-0.1, -0.05) is 46.4 Å². The Labute approximate surface area is 177 Å². The minimum absolute atomic E-state index is 0.0508. The molecule has 0 radical (unpaired) electrons. The zero-order chi connectivity index (χ0) is 20.7. The van der Waals surface area contributed by atoms with E-state index in [1.54, 1.807) is 0 Å². The molecule has 1 aromatic carbocycles. The minimum atomic E-state index is -1.40. The number of H-pyrrole nitrogens is 1. The van der Waals surface area contributed by atoms with Crippen molar-refractivity contribution in [2.24, 2.45) is 0 Å². The van der Waals surface area contributed by atoms with Gasteiger partial charge in [0, 0.05) is 0 Å². The van der Waals surface area contributed by atoms with Crippen LogP contribution >= 0.6 is 46.4 Å². The van der Waals surface area contributed by atoms with E-state index in [1.807, 2.05) is 0 Å². The number of nitrogens with zero attached hydrogens (tertiary/aromatic N) is 1. The number of nitrogens with one attached hydrogen (secondary N) is 1. The molecule has 0 aliphatic heterocycles. The van der Waals surface area contributed by atoms with Crippen LogP contribution in [0.15, 0.2) is 24.3 Å². The van der Waals surface area contributed by atoms with Gasteiger partial charge in [-0.05, 0) is 24.3 Å². The van der Waals surface area contributed by atoms with Gasteiger partial charge in [0.05, 0.1) is 23.4 Å². The second-order valence-electron chi connectivity index (χ2n) is 5.46. The van der Waals surface area contributed by atoms with E-state index >= 15 is 0 Å². The first-order valence-electron chi connectivity index (χ1n) is 7.43. The van der Waals surface area contributed by atoms with E-state index in [4.69, 9.17) is 51.1 Å². The van der Waals surface area contributed by atoms with Gasteiger partial charge in [0.15, 0.2) is 5.69 Å². The fraction of sp³-hybridized carbons (Fsp3) is 0.0588. The standard InChI is InChI=1S/C17H9Cl4FN2O4/c1-28-10-3-2-6(22)4-7(10)14(25)9-5-8(18)16(21)24(9)13-11(19)15(20)23-12(13)17(26)27/h2-5,23H,1H3,(H,26,27). The van der Waals surface area contributed by atoms with Crippen LogP contribution in [0.2, 0.25) is 20.4 Å². The number of hydrogen-bond donors (Lipinski definition) is 2. The third-order valence-corrected chi connectivity index (χ3v) is 5.35. The number of methoxy groups -OCH3 is 1. The second-order valence-corrected chi connectivity index (χ2v) is 6.98. The average Bonchev–Trinajstić information content (AvgIpc) is 3.11. The van der Waals surface area contributed by atoms with Gasteiger partial charge in [-0.25, -0.2) is 9.18 Å². The molecule has 146 valence electrons. The van der Waals surface area contributed by atoms with E-state index < -0.39 is 23.3 Å². The molecule has 0 fully saturated rings. The van der Waals surface area contributed by atoms with Crippen molar-refractivity contribution in [2.45, 2.75) is 0 Å². The fourth-order valence-electron chi connectivity index (χ4n) is 2.64. The Hall–Kier alpha value is -2.19. The van der Waals surface area contributed by atoms with Crippen LogP contribution in [0.4, 0.5) is 4.39 Å². The van der Waals surface area contributed by atoms with E-state index in [-0.39, 0.29) is 43.0 Å². The maximum absolute atomic E-state index is 13.7.